The number of hydrogen-bond acceptors (Lipinski definition) is 5. The van der Waals surface area contributed by atoms with Gasteiger partial charge >= 0.3 is 0 Å². The van der Waals surface area contributed by atoms with Crippen molar-refractivity contribution < 1.29 is 4.42 Å². The number of aryl methyl sites for hydroxylation is 1. The van der Waals surface area contributed by atoms with Gasteiger partial charge in [-0.15, -0.1) is 0 Å². The van der Waals surface area contributed by atoms with Gasteiger partial charge in [0.25, 0.3) is 0 Å². The number of nitrogens with one attached hydrogen (secondary N) is 1. The lowest BCUT2D eigenvalue weighted by Gasteiger charge is -2.30. The van der Waals surface area contributed by atoms with Crippen LogP contribution in [0.3, 0.4) is 0 Å². The predicted octanol–water partition coefficient (Wildman–Crippen LogP) is 5.61. The van der Waals surface area contributed by atoms with Crippen LogP contribution in [0.2, 0.25) is 0 Å². The number of likely N-dealkylation sites (tertiary alicyclic amines) is 1. The van der Waals surface area contributed by atoms with Crippen LogP contribution in [0.25, 0.3) is 28.7 Å². The molecule has 0 radical (unpaired) electrons. The third-order valence-electron chi connectivity index (χ3n) is 6.85. The molecule has 4 heterocycles. The minimum atomic E-state index is 0.408. The molecule has 0 unspecified atom stereocenters. The number of imidazole rings is 1. The van der Waals surface area contributed by atoms with Crippen LogP contribution in [0.1, 0.15) is 35.7 Å². The molecule has 3 aromatic heterocycles. The van der Waals surface area contributed by atoms with E-state index in [0.29, 0.717) is 17.5 Å². The molecule has 1 aliphatic rings. The van der Waals surface area contributed by atoms with Crippen molar-refractivity contribution in [2.75, 3.05) is 13.1 Å². The third-order valence-corrected chi connectivity index (χ3v) is 6.85. The summed E-state index contributed by atoms with van der Waals surface area (Å²) in [4.78, 5) is 11.8. The van der Waals surface area contributed by atoms with Crippen LogP contribution in [0, 0.1) is 6.92 Å². The maximum atomic E-state index is 5.41. The van der Waals surface area contributed by atoms with E-state index in [0.717, 1.165) is 55.4 Å². The summed E-state index contributed by atoms with van der Waals surface area (Å²) in [5, 5.41) is 7.45. The smallest absolute Gasteiger partial charge is 0.216 e. The average Bonchev–Trinajstić information content (AvgIpc) is 3.67. The zero-order valence-corrected chi connectivity index (χ0v) is 19.8. The van der Waals surface area contributed by atoms with Gasteiger partial charge in [-0.05, 0) is 62.2 Å². The fraction of sp³-hybridized carbons (Fsp3) is 0.250. The first-order chi connectivity index (χ1) is 17.2. The van der Waals surface area contributed by atoms with Gasteiger partial charge in [-0.2, -0.15) is 5.10 Å². The zero-order chi connectivity index (χ0) is 23.6. The van der Waals surface area contributed by atoms with Crippen LogP contribution in [-0.4, -0.2) is 42.7 Å². The molecule has 0 atom stereocenters. The first-order valence-electron chi connectivity index (χ1n) is 12.1. The standard InChI is InChI=1S/C28H28N6O/c1-20-5-2-3-6-24(20)34-17-14-29-28(34)23-10-8-21(9-11-23)19-33-15-12-22(13-16-33)26-30-27(32-31-26)25-7-4-18-35-25/h2-11,14,17-18,22H,12-13,15-16,19H2,1H3,(H,30,31,32). The van der Waals surface area contributed by atoms with Crippen molar-refractivity contribution in [3.05, 3.63) is 96.3 Å². The number of para-hydroxylation sites is 1. The molecule has 1 fully saturated rings. The van der Waals surface area contributed by atoms with Crippen LogP contribution in [0.4, 0.5) is 0 Å². The second kappa shape index (κ2) is 9.35. The van der Waals surface area contributed by atoms with Gasteiger partial charge in [0.15, 0.2) is 5.76 Å². The van der Waals surface area contributed by atoms with E-state index in [1.165, 1.54) is 11.1 Å². The van der Waals surface area contributed by atoms with E-state index >= 15 is 0 Å². The molecule has 2 aromatic carbocycles. The van der Waals surface area contributed by atoms with Gasteiger partial charge in [0.05, 0.1) is 6.26 Å². The molecule has 1 saturated heterocycles. The molecule has 35 heavy (non-hydrogen) atoms. The molecular weight excluding hydrogens is 436 g/mol. The Morgan fingerprint density at radius 1 is 1.00 bits per heavy atom. The Kier molecular flexibility index (Phi) is 5.76. The van der Waals surface area contributed by atoms with Crippen LogP contribution in [0.5, 0.6) is 0 Å². The summed E-state index contributed by atoms with van der Waals surface area (Å²) >= 11 is 0. The lowest BCUT2D eigenvalue weighted by molar-refractivity contribution is 0.202. The van der Waals surface area contributed by atoms with Gasteiger partial charge in [-0.25, -0.2) is 9.97 Å². The number of furan rings is 1. The Balaban J connectivity index is 1.09. The molecule has 1 N–H and O–H groups in total. The number of aromatic amines is 1. The maximum absolute atomic E-state index is 5.41. The third kappa shape index (κ3) is 4.42. The van der Waals surface area contributed by atoms with E-state index in [-0.39, 0.29) is 0 Å². The van der Waals surface area contributed by atoms with Crippen molar-refractivity contribution in [3.8, 4) is 28.7 Å². The normalized spacial score (nSPS) is 15.0. The van der Waals surface area contributed by atoms with E-state index in [9.17, 15) is 0 Å². The number of hydrogen-bond donors (Lipinski definition) is 1. The number of aromatic nitrogens is 5. The summed E-state index contributed by atoms with van der Waals surface area (Å²) in [6.45, 7) is 5.17. The number of rotatable bonds is 6. The Morgan fingerprint density at radius 3 is 2.60 bits per heavy atom. The summed E-state index contributed by atoms with van der Waals surface area (Å²) in [5.74, 6) is 3.67. The van der Waals surface area contributed by atoms with E-state index < -0.39 is 0 Å². The van der Waals surface area contributed by atoms with E-state index in [1.807, 2.05) is 24.5 Å². The molecule has 0 bridgehead atoms. The summed E-state index contributed by atoms with van der Waals surface area (Å²) in [6, 6.07) is 21.0. The summed E-state index contributed by atoms with van der Waals surface area (Å²) in [6.07, 6.45) is 7.68. The van der Waals surface area contributed by atoms with Crippen LogP contribution in [0.15, 0.2) is 83.7 Å². The number of benzene rings is 2. The van der Waals surface area contributed by atoms with E-state index in [2.05, 4.69) is 85.1 Å². The lowest BCUT2D eigenvalue weighted by atomic mass is 9.96. The first-order valence-corrected chi connectivity index (χ1v) is 12.1. The SMILES string of the molecule is Cc1ccccc1-n1ccnc1-c1ccc(CN2CCC(c3nc(-c4ccco4)n[nH]3)CC2)cc1. The van der Waals surface area contributed by atoms with Gasteiger partial charge in [-0.3, -0.25) is 14.6 Å². The highest BCUT2D eigenvalue weighted by molar-refractivity contribution is 5.60. The van der Waals surface area contributed by atoms with Crippen LogP contribution in [-0.2, 0) is 6.54 Å². The summed E-state index contributed by atoms with van der Waals surface area (Å²) < 4.78 is 7.57. The van der Waals surface area contributed by atoms with Gasteiger partial charge < -0.3 is 4.42 Å². The summed E-state index contributed by atoms with van der Waals surface area (Å²) in [7, 11) is 0. The van der Waals surface area contributed by atoms with Crippen molar-refractivity contribution in [1.82, 2.24) is 29.6 Å². The molecule has 1 aliphatic heterocycles. The van der Waals surface area contributed by atoms with Crippen LogP contribution < -0.4 is 0 Å². The monoisotopic (exact) mass is 464 g/mol. The molecule has 7 heteroatoms. The van der Waals surface area contributed by atoms with Gasteiger partial charge in [0.2, 0.25) is 5.82 Å². The highest BCUT2D eigenvalue weighted by Crippen LogP contribution is 2.29. The Bertz CT molecular complexity index is 1390. The second-order valence-corrected chi connectivity index (χ2v) is 9.18. The van der Waals surface area contributed by atoms with Crippen molar-refractivity contribution in [2.45, 2.75) is 32.2 Å². The minimum absolute atomic E-state index is 0.408. The van der Waals surface area contributed by atoms with Gasteiger partial charge in [0.1, 0.15) is 11.6 Å². The topological polar surface area (TPSA) is 75.8 Å². The van der Waals surface area contributed by atoms with E-state index in [1.54, 1.807) is 6.26 Å². The molecule has 5 aromatic rings. The number of H-pyrrole nitrogens is 1. The summed E-state index contributed by atoms with van der Waals surface area (Å²) in [5.41, 5.74) is 4.84. The van der Waals surface area contributed by atoms with Crippen molar-refractivity contribution in [3.63, 3.8) is 0 Å². The molecule has 0 spiro atoms. The molecular formula is C28H28N6O. The largest absolute Gasteiger partial charge is 0.461 e. The fourth-order valence-corrected chi connectivity index (χ4v) is 4.90. The maximum Gasteiger partial charge on any atom is 0.216 e. The molecule has 0 aliphatic carbocycles. The van der Waals surface area contributed by atoms with Gasteiger partial charge in [-0.1, -0.05) is 42.5 Å². The molecule has 6 rings (SSSR count). The zero-order valence-electron chi connectivity index (χ0n) is 19.8. The van der Waals surface area contributed by atoms with E-state index in [4.69, 9.17) is 4.42 Å². The lowest BCUT2D eigenvalue weighted by Crippen LogP contribution is -2.32. The highest BCUT2D eigenvalue weighted by Gasteiger charge is 2.24. The minimum Gasteiger partial charge on any atom is -0.461 e. The van der Waals surface area contributed by atoms with Gasteiger partial charge in [0, 0.05) is 36.1 Å². The predicted molar refractivity (Wildman–Crippen MR) is 135 cm³/mol. The average molecular weight is 465 g/mol. The Hall–Kier alpha value is -3.97. The van der Waals surface area contributed by atoms with Crippen LogP contribution >= 0.6 is 0 Å². The molecule has 0 saturated carbocycles. The molecule has 0 amide bonds. The fourth-order valence-electron chi connectivity index (χ4n) is 4.90. The Morgan fingerprint density at radius 2 is 1.83 bits per heavy atom. The highest BCUT2D eigenvalue weighted by atomic mass is 16.3. The van der Waals surface area contributed by atoms with Crippen molar-refractivity contribution in [1.29, 1.82) is 0 Å². The number of piperidine rings is 1. The molecule has 7 nitrogen and oxygen atoms in total. The molecule has 176 valence electrons. The van der Waals surface area contributed by atoms with Crippen molar-refractivity contribution >= 4 is 0 Å². The Labute approximate surface area is 204 Å². The first kappa shape index (κ1) is 21.6. The number of nitrogens with zero attached hydrogens (tertiary/aromatic N) is 5. The van der Waals surface area contributed by atoms with Crippen molar-refractivity contribution in [2.24, 2.45) is 0 Å². The second-order valence-electron chi connectivity index (χ2n) is 9.18. The quantitative estimate of drug-likeness (QED) is 0.354.